The van der Waals surface area contributed by atoms with Gasteiger partial charge in [-0.25, -0.2) is 4.79 Å². The molecule has 0 aliphatic heterocycles. The third-order valence-corrected chi connectivity index (χ3v) is 3.92. The minimum absolute atomic E-state index is 0.274. The van der Waals surface area contributed by atoms with Crippen molar-refractivity contribution in [3.8, 4) is 5.75 Å². The highest BCUT2D eigenvalue weighted by Gasteiger charge is 2.16. The molecule has 0 aromatic heterocycles. The van der Waals surface area contributed by atoms with Gasteiger partial charge in [-0.05, 0) is 52.7 Å². The molecular weight excluding hydrogens is 328 g/mol. The van der Waals surface area contributed by atoms with Crippen molar-refractivity contribution in [2.24, 2.45) is 0 Å². The van der Waals surface area contributed by atoms with Crippen LogP contribution in [0.25, 0.3) is 16.8 Å². The molecule has 0 atom stereocenters. The standard InChI is InChI=1S/C22H18O4/c1-25-22(24)21(23)18-10-12-20(13-11-18)26-14-4-5-16-8-9-17-6-2-3-7-19(17)15-16/h2-13,15H,14H2,1H3/b5-4+. The number of benzene rings is 3. The van der Waals surface area contributed by atoms with Crippen molar-refractivity contribution in [3.63, 3.8) is 0 Å². The molecule has 3 aromatic carbocycles. The van der Waals surface area contributed by atoms with Gasteiger partial charge in [0.2, 0.25) is 0 Å². The van der Waals surface area contributed by atoms with Gasteiger partial charge in [0.1, 0.15) is 12.4 Å². The predicted octanol–water partition coefficient (Wildman–Crippen LogP) is 4.29. The number of Topliss-reactive ketones (excluding diaryl/α,β-unsaturated/α-hetero) is 1. The fourth-order valence-electron chi connectivity index (χ4n) is 2.55. The van der Waals surface area contributed by atoms with Gasteiger partial charge < -0.3 is 9.47 Å². The van der Waals surface area contributed by atoms with E-state index in [4.69, 9.17) is 4.74 Å². The lowest BCUT2D eigenvalue weighted by atomic mass is 10.1. The number of hydrogen-bond donors (Lipinski definition) is 0. The molecule has 0 unspecified atom stereocenters. The Labute approximate surface area is 151 Å². The van der Waals surface area contributed by atoms with E-state index in [1.54, 1.807) is 24.3 Å². The van der Waals surface area contributed by atoms with Gasteiger partial charge in [0.25, 0.3) is 5.78 Å². The normalized spacial score (nSPS) is 10.8. The molecule has 0 N–H and O–H groups in total. The molecule has 0 amide bonds. The first-order chi connectivity index (χ1) is 12.7. The van der Waals surface area contributed by atoms with Crippen molar-refractivity contribution < 1.29 is 19.1 Å². The number of carbonyl (C=O) groups is 2. The number of ether oxygens (including phenoxy) is 2. The SMILES string of the molecule is COC(=O)C(=O)c1ccc(OC/C=C/c2ccc3ccccc3c2)cc1. The van der Waals surface area contributed by atoms with Gasteiger partial charge in [0.15, 0.2) is 0 Å². The first kappa shape index (κ1) is 17.4. The number of methoxy groups -OCH3 is 1. The lowest BCUT2D eigenvalue weighted by Gasteiger charge is -2.04. The maximum Gasteiger partial charge on any atom is 0.379 e. The van der Waals surface area contributed by atoms with Crippen LogP contribution in [0.5, 0.6) is 5.75 Å². The van der Waals surface area contributed by atoms with E-state index in [1.165, 1.54) is 17.9 Å². The molecule has 130 valence electrons. The van der Waals surface area contributed by atoms with Crippen molar-refractivity contribution in [2.45, 2.75) is 0 Å². The second-order valence-corrected chi connectivity index (χ2v) is 5.67. The molecule has 26 heavy (non-hydrogen) atoms. The summed E-state index contributed by atoms with van der Waals surface area (Å²) in [6.07, 6.45) is 3.93. The molecule has 4 heteroatoms. The summed E-state index contributed by atoms with van der Waals surface area (Å²) >= 11 is 0. The molecule has 0 saturated heterocycles. The number of ketones is 1. The Hall–Kier alpha value is -3.40. The molecule has 0 saturated carbocycles. The third kappa shape index (κ3) is 4.16. The first-order valence-corrected chi connectivity index (χ1v) is 8.18. The van der Waals surface area contributed by atoms with Gasteiger partial charge in [0, 0.05) is 5.56 Å². The van der Waals surface area contributed by atoms with Gasteiger partial charge in [-0.2, -0.15) is 0 Å². The lowest BCUT2D eigenvalue weighted by Crippen LogP contribution is -2.15. The van der Waals surface area contributed by atoms with E-state index < -0.39 is 11.8 Å². The van der Waals surface area contributed by atoms with Gasteiger partial charge in [0.05, 0.1) is 7.11 Å². The molecule has 0 fully saturated rings. The zero-order valence-electron chi connectivity index (χ0n) is 14.3. The Kier molecular flexibility index (Phi) is 5.44. The van der Waals surface area contributed by atoms with Crippen LogP contribution in [-0.4, -0.2) is 25.5 Å². The summed E-state index contributed by atoms with van der Waals surface area (Å²) in [5.74, 6) is -0.929. The van der Waals surface area contributed by atoms with E-state index in [1.807, 2.05) is 24.3 Å². The number of carbonyl (C=O) groups excluding carboxylic acids is 2. The van der Waals surface area contributed by atoms with Crippen LogP contribution in [0.3, 0.4) is 0 Å². The van der Waals surface area contributed by atoms with E-state index in [9.17, 15) is 9.59 Å². The highest BCUT2D eigenvalue weighted by molar-refractivity contribution is 6.40. The largest absolute Gasteiger partial charge is 0.490 e. The molecule has 0 spiro atoms. The predicted molar refractivity (Wildman–Crippen MR) is 101 cm³/mol. The summed E-state index contributed by atoms with van der Waals surface area (Å²) in [6.45, 7) is 0.400. The van der Waals surface area contributed by atoms with Crippen LogP contribution < -0.4 is 4.74 Å². The molecule has 3 aromatic rings. The summed E-state index contributed by atoms with van der Waals surface area (Å²) in [7, 11) is 1.18. The Bertz CT molecular complexity index is 955. The van der Waals surface area contributed by atoms with Crippen LogP contribution in [0, 0.1) is 0 Å². The van der Waals surface area contributed by atoms with Gasteiger partial charge in [-0.3, -0.25) is 4.79 Å². The molecule has 0 bridgehead atoms. The Morgan fingerprint density at radius 3 is 2.38 bits per heavy atom. The second-order valence-electron chi connectivity index (χ2n) is 5.67. The zero-order chi connectivity index (χ0) is 18.4. The summed E-state index contributed by atoms with van der Waals surface area (Å²) in [5, 5.41) is 2.41. The van der Waals surface area contributed by atoms with E-state index >= 15 is 0 Å². The number of fused-ring (bicyclic) bond motifs is 1. The van der Waals surface area contributed by atoms with Crippen molar-refractivity contribution in [2.75, 3.05) is 13.7 Å². The maximum absolute atomic E-state index is 11.7. The molecule has 0 radical (unpaired) electrons. The molecular formula is C22H18O4. The topological polar surface area (TPSA) is 52.6 Å². The minimum atomic E-state index is -0.878. The van der Waals surface area contributed by atoms with Gasteiger partial charge in [-0.1, -0.05) is 42.5 Å². The maximum atomic E-state index is 11.7. The minimum Gasteiger partial charge on any atom is -0.490 e. The highest BCUT2D eigenvalue weighted by Crippen LogP contribution is 2.17. The average Bonchev–Trinajstić information content (AvgIpc) is 2.70. The van der Waals surface area contributed by atoms with Crippen molar-refractivity contribution >= 4 is 28.6 Å². The highest BCUT2D eigenvalue weighted by atomic mass is 16.5. The molecule has 0 heterocycles. The van der Waals surface area contributed by atoms with Gasteiger partial charge >= 0.3 is 5.97 Å². The summed E-state index contributed by atoms with van der Waals surface area (Å²) in [5.41, 5.74) is 1.38. The quantitative estimate of drug-likeness (QED) is 0.380. The lowest BCUT2D eigenvalue weighted by molar-refractivity contribution is -0.135. The zero-order valence-corrected chi connectivity index (χ0v) is 14.3. The second kappa shape index (κ2) is 8.12. The Morgan fingerprint density at radius 2 is 1.65 bits per heavy atom. The van der Waals surface area contributed by atoms with E-state index in [0.717, 1.165) is 5.56 Å². The number of rotatable bonds is 6. The van der Waals surface area contributed by atoms with Crippen LogP contribution in [0.15, 0.2) is 72.8 Å². The molecule has 4 nitrogen and oxygen atoms in total. The fraction of sp³-hybridized carbons (Fsp3) is 0.0909. The van der Waals surface area contributed by atoms with E-state index in [-0.39, 0.29) is 5.56 Å². The monoisotopic (exact) mass is 346 g/mol. The van der Waals surface area contributed by atoms with Crippen LogP contribution in [-0.2, 0) is 9.53 Å². The fourth-order valence-corrected chi connectivity index (χ4v) is 2.55. The number of hydrogen-bond acceptors (Lipinski definition) is 4. The van der Waals surface area contributed by atoms with Crippen molar-refractivity contribution in [3.05, 3.63) is 83.9 Å². The molecule has 0 aliphatic carbocycles. The van der Waals surface area contributed by atoms with Crippen molar-refractivity contribution in [1.29, 1.82) is 0 Å². The summed E-state index contributed by atoms with van der Waals surface area (Å²) < 4.78 is 10.0. The number of esters is 1. The Morgan fingerprint density at radius 1 is 0.923 bits per heavy atom. The first-order valence-electron chi connectivity index (χ1n) is 8.18. The average molecular weight is 346 g/mol. The van der Waals surface area contributed by atoms with E-state index in [0.29, 0.717) is 12.4 Å². The van der Waals surface area contributed by atoms with Crippen molar-refractivity contribution in [1.82, 2.24) is 0 Å². The molecule has 0 aliphatic rings. The van der Waals surface area contributed by atoms with E-state index in [2.05, 4.69) is 35.1 Å². The molecule has 3 rings (SSSR count). The van der Waals surface area contributed by atoms with Crippen LogP contribution in [0.2, 0.25) is 0 Å². The Balaban J connectivity index is 1.57. The smallest absolute Gasteiger partial charge is 0.379 e. The third-order valence-electron chi connectivity index (χ3n) is 3.92. The van der Waals surface area contributed by atoms with Crippen LogP contribution in [0.4, 0.5) is 0 Å². The summed E-state index contributed by atoms with van der Waals surface area (Å²) in [6, 6.07) is 20.9. The summed E-state index contributed by atoms with van der Waals surface area (Å²) in [4.78, 5) is 22.9. The van der Waals surface area contributed by atoms with Crippen LogP contribution in [0.1, 0.15) is 15.9 Å². The van der Waals surface area contributed by atoms with Crippen LogP contribution >= 0.6 is 0 Å². The van der Waals surface area contributed by atoms with Gasteiger partial charge in [-0.15, -0.1) is 0 Å².